The van der Waals surface area contributed by atoms with Gasteiger partial charge in [0.2, 0.25) is 5.91 Å². The van der Waals surface area contributed by atoms with Crippen molar-refractivity contribution in [3.63, 3.8) is 0 Å². The molecule has 0 fully saturated rings. The highest BCUT2D eigenvalue weighted by atomic mass is 32.2. The molecular formula is C18H21N3O4S. The molecule has 0 saturated heterocycles. The van der Waals surface area contributed by atoms with Gasteiger partial charge in [-0.25, -0.2) is 4.79 Å². The first-order valence-electron chi connectivity index (χ1n) is 7.97. The summed E-state index contributed by atoms with van der Waals surface area (Å²) in [6, 6.07) is 12.6. The number of carbonyl (C=O) groups is 2. The summed E-state index contributed by atoms with van der Waals surface area (Å²) in [6.07, 6.45) is 1.16. The van der Waals surface area contributed by atoms with Gasteiger partial charge < -0.3 is 14.8 Å². The van der Waals surface area contributed by atoms with E-state index in [0.717, 1.165) is 5.69 Å². The number of benzene rings is 1. The molecule has 0 saturated carbocycles. The average molecular weight is 375 g/mol. The molecule has 0 aliphatic rings. The smallest absolute Gasteiger partial charge is 0.411 e. The second kappa shape index (κ2) is 11.1. The van der Waals surface area contributed by atoms with Gasteiger partial charge >= 0.3 is 6.09 Å². The lowest BCUT2D eigenvalue weighted by Gasteiger charge is -2.09. The standard InChI is InChI=1S/C18H21N3O4S/c1-24-9-10-25-18(23)21-15-7-4-6-14(11-15)20-17(22)13-26-12-16-5-2-3-8-19-16/h2-8,11H,9-10,12-13H2,1H3,(H,20,22)(H,21,23). The van der Waals surface area contributed by atoms with Gasteiger partial charge in [-0.1, -0.05) is 12.1 Å². The number of anilines is 2. The van der Waals surface area contributed by atoms with Gasteiger partial charge in [0.25, 0.3) is 0 Å². The van der Waals surface area contributed by atoms with Gasteiger partial charge in [0.1, 0.15) is 6.61 Å². The number of nitrogens with zero attached hydrogens (tertiary/aromatic N) is 1. The van der Waals surface area contributed by atoms with Gasteiger partial charge in [0.15, 0.2) is 0 Å². The Bertz CT molecular complexity index is 713. The molecule has 0 aliphatic carbocycles. The van der Waals surface area contributed by atoms with E-state index in [2.05, 4.69) is 15.6 Å². The van der Waals surface area contributed by atoms with E-state index in [4.69, 9.17) is 9.47 Å². The van der Waals surface area contributed by atoms with E-state index in [1.54, 1.807) is 30.5 Å². The minimum Gasteiger partial charge on any atom is -0.447 e. The third-order valence-corrected chi connectivity index (χ3v) is 4.09. The zero-order chi connectivity index (χ0) is 18.6. The summed E-state index contributed by atoms with van der Waals surface area (Å²) < 4.78 is 9.74. The lowest BCUT2D eigenvalue weighted by Crippen LogP contribution is -2.17. The molecule has 8 heteroatoms. The summed E-state index contributed by atoms with van der Waals surface area (Å²) in [7, 11) is 1.53. The SMILES string of the molecule is COCCOC(=O)Nc1cccc(NC(=O)CSCc2ccccn2)c1. The number of amides is 2. The van der Waals surface area contributed by atoms with Gasteiger partial charge in [-0.3, -0.25) is 15.1 Å². The fourth-order valence-corrected chi connectivity index (χ4v) is 2.71. The Kier molecular flexibility index (Phi) is 8.44. The Morgan fingerprint density at radius 1 is 1.08 bits per heavy atom. The zero-order valence-electron chi connectivity index (χ0n) is 14.4. The second-order valence-corrected chi connectivity index (χ2v) is 6.18. The maximum absolute atomic E-state index is 12.0. The molecule has 0 unspecified atom stereocenters. The van der Waals surface area contributed by atoms with Crippen molar-refractivity contribution < 1.29 is 19.1 Å². The molecule has 2 aromatic rings. The Morgan fingerprint density at radius 3 is 2.62 bits per heavy atom. The third kappa shape index (κ3) is 7.54. The largest absolute Gasteiger partial charge is 0.447 e. The highest BCUT2D eigenvalue weighted by molar-refractivity contribution is 7.99. The van der Waals surface area contributed by atoms with Crippen molar-refractivity contribution in [2.75, 3.05) is 36.7 Å². The second-order valence-electron chi connectivity index (χ2n) is 5.20. The average Bonchev–Trinajstić information content (AvgIpc) is 2.63. The van der Waals surface area contributed by atoms with Gasteiger partial charge in [-0.2, -0.15) is 0 Å². The normalized spacial score (nSPS) is 10.2. The molecule has 26 heavy (non-hydrogen) atoms. The number of hydrogen-bond donors (Lipinski definition) is 2. The third-order valence-electron chi connectivity index (χ3n) is 3.12. The van der Waals surface area contributed by atoms with Crippen LogP contribution in [0.15, 0.2) is 48.7 Å². The quantitative estimate of drug-likeness (QED) is 0.655. The minimum atomic E-state index is -0.573. The van der Waals surface area contributed by atoms with Crippen molar-refractivity contribution in [3.05, 3.63) is 54.4 Å². The Hall–Kier alpha value is -2.58. The van der Waals surface area contributed by atoms with Crippen molar-refractivity contribution >= 4 is 35.1 Å². The topological polar surface area (TPSA) is 89.5 Å². The molecule has 7 nitrogen and oxygen atoms in total. The lowest BCUT2D eigenvalue weighted by atomic mass is 10.3. The molecule has 0 atom stereocenters. The first-order chi connectivity index (χ1) is 12.7. The number of carbonyl (C=O) groups excluding carboxylic acids is 2. The zero-order valence-corrected chi connectivity index (χ0v) is 15.3. The van der Waals surface area contributed by atoms with Crippen LogP contribution in [0.5, 0.6) is 0 Å². The first kappa shape index (κ1) is 19.7. The predicted octanol–water partition coefficient (Wildman–Crippen LogP) is 3.15. The van der Waals surface area contributed by atoms with Gasteiger partial charge in [0, 0.05) is 30.4 Å². The van der Waals surface area contributed by atoms with Crippen LogP contribution in [0.25, 0.3) is 0 Å². The highest BCUT2D eigenvalue weighted by Crippen LogP contribution is 2.16. The molecule has 2 rings (SSSR count). The molecule has 1 aromatic carbocycles. The van der Waals surface area contributed by atoms with E-state index in [1.165, 1.54) is 18.9 Å². The molecular weight excluding hydrogens is 354 g/mol. The molecule has 0 bridgehead atoms. The van der Waals surface area contributed by atoms with E-state index >= 15 is 0 Å². The van der Waals surface area contributed by atoms with Crippen LogP contribution in [0.4, 0.5) is 16.2 Å². The van der Waals surface area contributed by atoms with Crippen LogP contribution in [0.3, 0.4) is 0 Å². The van der Waals surface area contributed by atoms with E-state index in [0.29, 0.717) is 29.5 Å². The van der Waals surface area contributed by atoms with Crippen molar-refractivity contribution in [1.29, 1.82) is 0 Å². The fourth-order valence-electron chi connectivity index (χ4n) is 1.98. The van der Waals surface area contributed by atoms with Crippen LogP contribution >= 0.6 is 11.8 Å². The Morgan fingerprint density at radius 2 is 1.88 bits per heavy atom. The van der Waals surface area contributed by atoms with Gasteiger partial charge in [-0.05, 0) is 30.3 Å². The van der Waals surface area contributed by atoms with Crippen molar-refractivity contribution in [1.82, 2.24) is 4.98 Å². The van der Waals surface area contributed by atoms with Crippen LogP contribution < -0.4 is 10.6 Å². The van der Waals surface area contributed by atoms with Crippen LogP contribution in [0, 0.1) is 0 Å². The summed E-state index contributed by atoms with van der Waals surface area (Å²) in [5, 5.41) is 5.40. The van der Waals surface area contributed by atoms with Crippen molar-refractivity contribution in [2.45, 2.75) is 5.75 Å². The predicted molar refractivity (Wildman–Crippen MR) is 102 cm³/mol. The summed E-state index contributed by atoms with van der Waals surface area (Å²) in [5.74, 6) is 0.863. The minimum absolute atomic E-state index is 0.120. The Balaban J connectivity index is 1.76. The molecule has 138 valence electrons. The van der Waals surface area contributed by atoms with E-state index in [-0.39, 0.29) is 12.5 Å². The summed E-state index contributed by atoms with van der Waals surface area (Å²) in [5.41, 5.74) is 2.07. The van der Waals surface area contributed by atoms with Crippen molar-refractivity contribution in [2.24, 2.45) is 0 Å². The molecule has 2 N–H and O–H groups in total. The monoisotopic (exact) mass is 375 g/mol. The number of ether oxygens (including phenoxy) is 2. The molecule has 0 radical (unpaired) electrons. The molecule has 1 heterocycles. The van der Waals surface area contributed by atoms with E-state index in [9.17, 15) is 9.59 Å². The lowest BCUT2D eigenvalue weighted by molar-refractivity contribution is -0.113. The first-order valence-corrected chi connectivity index (χ1v) is 9.13. The van der Waals surface area contributed by atoms with Crippen LogP contribution in [0.2, 0.25) is 0 Å². The van der Waals surface area contributed by atoms with E-state index in [1.807, 2.05) is 18.2 Å². The molecule has 2 amide bonds. The number of hydrogen-bond acceptors (Lipinski definition) is 6. The number of aromatic nitrogens is 1. The number of pyridine rings is 1. The molecule has 1 aromatic heterocycles. The summed E-state index contributed by atoms with van der Waals surface area (Å²) in [6.45, 7) is 0.506. The maximum atomic E-state index is 12.0. The number of nitrogens with one attached hydrogen (secondary N) is 2. The van der Waals surface area contributed by atoms with Gasteiger partial charge in [-0.15, -0.1) is 11.8 Å². The number of methoxy groups -OCH3 is 1. The summed E-state index contributed by atoms with van der Waals surface area (Å²) in [4.78, 5) is 27.9. The number of rotatable bonds is 9. The van der Waals surface area contributed by atoms with Crippen LogP contribution in [-0.2, 0) is 20.0 Å². The molecule has 0 aliphatic heterocycles. The number of thioether (sulfide) groups is 1. The summed E-state index contributed by atoms with van der Waals surface area (Å²) >= 11 is 1.48. The van der Waals surface area contributed by atoms with Crippen LogP contribution in [0.1, 0.15) is 5.69 Å². The highest BCUT2D eigenvalue weighted by Gasteiger charge is 2.06. The van der Waals surface area contributed by atoms with Crippen molar-refractivity contribution in [3.8, 4) is 0 Å². The van der Waals surface area contributed by atoms with E-state index < -0.39 is 6.09 Å². The maximum Gasteiger partial charge on any atom is 0.411 e. The fraction of sp³-hybridized carbons (Fsp3) is 0.278. The Labute approximate surface area is 156 Å². The van der Waals surface area contributed by atoms with Gasteiger partial charge in [0.05, 0.1) is 18.1 Å². The van der Waals surface area contributed by atoms with Crippen LogP contribution in [-0.4, -0.2) is 43.1 Å². The molecule has 0 spiro atoms.